The maximum Gasteiger partial charge on any atom is 0.278 e. The van der Waals surface area contributed by atoms with Gasteiger partial charge in [0.2, 0.25) is 0 Å². The highest BCUT2D eigenvalue weighted by molar-refractivity contribution is 7.08. The first kappa shape index (κ1) is 13.6. The van der Waals surface area contributed by atoms with Crippen molar-refractivity contribution in [2.24, 2.45) is 7.05 Å². The monoisotopic (exact) mass is 298 g/mol. The van der Waals surface area contributed by atoms with Gasteiger partial charge in [-0.3, -0.25) is 4.79 Å². The highest BCUT2D eigenvalue weighted by Crippen LogP contribution is 2.29. The summed E-state index contributed by atoms with van der Waals surface area (Å²) in [6.45, 7) is 3.99. The molecule has 0 unspecified atom stereocenters. The van der Waals surface area contributed by atoms with Crippen LogP contribution in [0.25, 0.3) is 16.9 Å². The fraction of sp³-hybridized carbons (Fsp3) is 0.267. The summed E-state index contributed by atoms with van der Waals surface area (Å²) in [5, 5.41) is 17.3. The molecule has 3 aromatic rings. The van der Waals surface area contributed by atoms with E-state index in [1.165, 1.54) is 10.7 Å². The molecule has 0 spiro atoms. The number of aryl methyl sites for hydroxylation is 1. The molecule has 0 aliphatic carbocycles. The van der Waals surface area contributed by atoms with Gasteiger partial charge in [0, 0.05) is 23.6 Å². The van der Waals surface area contributed by atoms with Gasteiger partial charge in [0.1, 0.15) is 11.6 Å². The predicted molar refractivity (Wildman–Crippen MR) is 82.6 cm³/mol. The summed E-state index contributed by atoms with van der Waals surface area (Å²) >= 11 is 1.58. The van der Waals surface area contributed by atoms with E-state index < -0.39 is 0 Å². The lowest BCUT2D eigenvalue weighted by atomic mass is 9.99. The second kappa shape index (κ2) is 4.86. The van der Waals surface area contributed by atoms with Crippen molar-refractivity contribution in [3.05, 3.63) is 44.5 Å². The van der Waals surface area contributed by atoms with E-state index in [0.717, 1.165) is 16.8 Å². The zero-order valence-corrected chi connectivity index (χ0v) is 12.8. The Hall–Kier alpha value is -2.39. The minimum Gasteiger partial charge on any atom is -0.327 e. The molecule has 0 saturated carbocycles. The van der Waals surface area contributed by atoms with Gasteiger partial charge in [0.15, 0.2) is 5.65 Å². The first-order valence-corrected chi connectivity index (χ1v) is 7.53. The predicted octanol–water partition coefficient (Wildman–Crippen LogP) is 2.76. The van der Waals surface area contributed by atoms with Crippen molar-refractivity contribution in [1.82, 2.24) is 14.2 Å². The van der Waals surface area contributed by atoms with Crippen LogP contribution in [-0.4, -0.2) is 14.2 Å². The maximum atomic E-state index is 12.7. The SMILES string of the molecule is CC(C)c1c(-c2ccsc2)n(C)c2c(C#N)cnn2c1=O. The third kappa shape index (κ3) is 1.89. The molecule has 0 amide bonds. The summed E-state index contributed by atoms with van der Waals surface area (Å²) in [7, 11) is 1.87. The molecular formula is C15H14N4OS. The van der Waals surface area contributed by atoms with Crippen LogP contribution in [0, 0.1) is 11.3 Å². The normalized spacial score (nSPS) is 11.2. The third-order valence-electron chi connectivity index (χ3n) is 3.57. The molecule has 0 aromatic carbocycles. The highest BCUT2D eigenvalue weighted by atomic mass is 32.1. The van der Waals surface area contributed by atoms with Crippen LogP contribution in [0.5, 0.6) is 0 Å². The quantitative estimate of drug-likeness (QED) is 0.731. The Morgan fingerprint density at radius 2 is 2.19 bits per heavy atom. The van der Waals surface area contributed by atoms with Gasteiger partial charge in [-0.25, -0.2) is 0 Å². The molecule has 0 bridgehead atoms. The average molecular weight is 298 g/mol. The van der Waals surface area contributed by atoms with E-state index in [-0.39, 0.29) is 11.5 Å². The fourth-order valence-corrected chi connectivity index (χ4v) is 3.30. The molecule has 3 aromatic heterocycles. The molecule has 0 aliphatic rings. The van der Waals surface area contributed by atoms with Gasteiger partial charge >= 0.3 is 0 Å². The van der Waals surface area contributed by atoms with Gasteiger partial charge in [-0.05, 0) is 17.4 Å². The summed E-state index contributed by atoms with van der Waals surface area (Å²) in [6.07, 6.45) is 1.44. The third-order valence-corrected chi connectivity index (χ3v) is 4.25. The van der Waals surface area contributed by atoms with Crippen LogP contribution in [0.15, 0.2) is 27.8 Å². The first-order chi connectivity index (χ1) is 10.1. The van der Waals surface area contributed by atoms with Crippen LogP contribution in [0.2, 0.25) is 0 Å². The molecule has 0 N–H and O–H groups in total. The van der Waals surface area contributed by atoms with Gasteiger partial charge in [-0.15, -0.1) is 0 Å². The summed E-state index contributed by atoms with van der Waals surface area (Å²) in [5.74, 6) is 0.0673. The van der Waals surface area contributed by atoms with E-state index >= 15 is 0 Å². The van der Waals surface area contributed by atoms with E-state index in [9.17, 15) is 10.1 Å². The molecule has 0 radical (unpaired) electrons. The number of nitrogens with zero attached hydrogens (tertiary/aromatic N) is 4. The minimum absolute atomic E-state index is 0.0673. The van der Waals surface area contributed by atoms with E-state index in [2.05, 4.69) is 11.2 Å². The average Bonchev–Trinajstić information content (AvgIpc) is 3.10. The number of thiophene rings is 1. The van der Waals surface area contributed by atoms with Crippen LogP contribution in [0.1, 0.15) is 30.9 Å². The molecule has 3 rings (SSSR count). The van der Waals surface area contributed by atoms with Gasteiger partial charge in [-0.2, -0.15) is 26.2 Å². The lowest BCUT2D eigenvalue weighted by Gasteiger charge is -2.17. The number of fused-ring (bicyclic) bond motifs is 1. The standard InChI is InChI=1S/C15H14N4OS/c1-9(2)12-13(10-4-5-21-8-10)18(3)14-11(6-16)7-17-19(14)15(12)20/h4-5,7-9H,1-3H3. The lowest BCUT2D eigenvalue weighted by molar-refractivity contribution is 0.758. The van der Waals surface area contributed by atoms with E-state index in [4.69, 9.17) is 0 Å². The fourth-order valence-electron chi connectivity index (χ4n) is 2.66. The second-order valence-corrected chi connectivity index (χ2v) is 5.98. The van der Waals surface area contributed by atoms with Crippen LogP contribution < -0.4 is 5.56 Å². The summed E-state index contributed by atoms with van der Waals surface area (Å²) in [6, 6.07) is 4.09. The molecule has 0 saturated heterocycles. The summed E-state index contributed by atoms with van der Waals surface area (Å²) in [5.41, 5.74) is 3.36. The first-order valence-electron chi connectivity index (χ1n) is 6.59. The van der Waals surface area contributed by atoms with Gasteiger partial charge in [0.05, 0.1) is 11.9 Å². The van der Waals surface area contributed by atoms with Crippen molar-refractivity contribution in [3.8, 4) is 17.3 Å². The Kier molecular flexibility index (Phi) is 3.15. The van der Waals surface area contributed by atoms with Crippen molar-refractivity contribution in [2.45, 2.75) is 19.8 Å². The Morgan fingerprint density at radius 3 is 2.76 bits per heavy atom. The molecule has 6 heteroatoms. The largest absolute Gasteiger partial charge is 0.327 e. The van der Waals surface area contributed by atoms with Crippen LogP contribution in [0.3, 0.4) is 0 Å². The molecule has 0 aliphatic heterocycles. The minimum atomic E-state index is -0.152. The van der Waals surface area contributed by atoms with Crippen LogP contribution in [0.4, 0.5) is 0 Å². The van der Waals surface area contributed by atoms with E-state index in [1.54, 1.807) is 11.3 Å². The van der Waals surface area contributed by atoms with Gasteiger partial charge in [0.25, 0.3) is 5.56 Å². The van der Waals surface area contributed by atoms with Crippen molar-refractivity contribution >= 4 is 17.0 Å². The molecule has 21 heavy (non-hydrogen) atoms. The van der Waals surface area contributed by atoms with Crippen molar-refractivity contribution < 1.29 is 0 Å². The van der Waals surface area contributed by atoms with E-state index in [1.807, 2.05) is 42.3 Å². The molecule has 0 fully saturated rings. The van der Waals surface area contributed by atoms with Crippen LogP contribution in [-0.2, 0) is 7.05 Å². The summed E-state index contributed by atoms with van der Waals surface area (Å²) < 4.78 is 3.22. The van der Waals surface area contributed by atoms with Crippen molar-refractivity contribution in [3.63, 3.8) is 0 Å². The van der Waals surface area contributed by atoms with Crippen molar-refractivity contribution in [1.29, 1.82) is 5.26 Å². The van der Waals surface area contributed by atoms with E-state index in [0.29, 0.717) is 11.2 Å². The maximum absolute atomic E-state index is 12.7. The lowest BCUT2D eigenvalue weighted by Crippen LogP contribution is -2.25. The zero-order chi connectivity index (χ0) is 15.1. The number of hydrogen-bond acceptors (Lipinski definition) is 4. The Morgan fingerprint density at radius 1 is 1.43 bits per heavy atom. The number of aromatic nitrogens is 3. The smallest absolute Gasteiger partial charge is 0.278 e. The Labute approximate surface area is 125 Å². The molecule has 3 heterocycles. The topological polar surface area (TPSA) is 63.1 Å². The van der Waals surface area contributed by atoms with Crippen LogP contribution >= 0.6 is 11.3 Å². The zero-order valence-electron chi connectivity index (χ0n) is 12.0. The molecular weight excluding hydrogens is 284 g/mol. The van der Waals surface area contributed by atoms with Gasteiger partial charge in [-0.1, -0.05) is 13.8 Å². The molecule has 5 nitrogen and oxygen atoms in total. The Balaban J connectivity index is 2.56. The highest BCUT2D eigenvalue weighted by Gasteiger charge is 2.21. The number of hydrogen-bond donors (Lipinski definition) is 0. The number of rotatable bonds is 2. The number of nitriles is 1. The Bertz CT molecular complexity index is 910. The summed E-state index contributed by atoms with van der Waals surface area (Å²) in [4.78, 5) is 12.7. The van der Waals surface area contributed by atoms with Gasteiger partial charge < -0.3 is 4.57 Å². The van der Waals surface area contributed by atoms with Crippen molar-refractivity contribution in [2.75, 3.05) is 0 Å². The molecule has 106 valence electrons. The second-order valence-electron chi connectivity index (χ2n) is 5.20. The molecule has 0 atom stereocenters.